The summed E-state index contributed by atoms with van der Waals surface area (Å²) in [7, 11) is -4.14. The summed E-state index contributed by atoms with van der Waals surface area (Å²) in [5.41, 5.74) is 4.69. The number of fused-ring (bicyclic) bond motifs is 1. The maximum Gasteiger partial charge on any atom is 0.270 e. The first-order valence-corrected chi connectivity index (χ1v) is 13.2. The van der Waals surface area contributed by atoms with Crippen LogP contribution in [0.2, 0.25) is 5.02 Å². The van der Waals surface area contributed by atoms with Crippen molar-refractivity contribution in [3.63, 3.8) is 0 Å². The highest BCUT2D eigenvalue weighted by Crippen LogP contribution is 2.44. The van der Waals surface area contributed by atoms with Gasteiger partial charge in [0.2, 0.25) is 0 Å². The molecule has 5 nitrogen and oxygen atoms in total. The highest BCUT2D eigenvalue weighted by molar-refractivity contribution is 7.97. The number of halogens is 1. The Morgan fingerprint density at radius 2 is 1.56 bits per heavy atom. The molecule has 1 aliphatic heterocycles. The molecule has 3 aromatic carbocycles. The minimum atomic E-state index is -4.14. The number of anilines is 2. The number of benzene rings is 3. The van der Waals surface area contributed by atoms with Crippen LogP contribution in [-0.4, -0.2) is 20.9 Å². The van der Waals surface area contributed by atoms with Crippen molar-refractivity contribution in [1.29, 1.82) is 0 Å². The zero-order valence-electron chi connectivity index (χ0n) is 19.4. The van der Waals surface area contributed by atoms with Gasteiger partial charge in [-0.15, -0.1) is 0 Å². The lowest BCUT2D eigenvalue weighted by Crippen LogP contribution is -2.39. The molecule has 34 heavy (non-hydrogen) atoms. The summed E-state index contributed by atoms with van der Waals surface area (Å²) >= 11 is 6.34. The molecule has 0 fully saturated rings. The summed E-state index contributed by atoms with van der Waals surface area (Å²) in [4.78, 5) is 13.6. The predicted octanol–water partition coefficient (Wildman–Crippen LogP) is 6.03. The monoisotopic (exact) mass is 494 g/mol. The molecule has 4 rings (SSSR count). The van der Waals surface area contributed by atoms with E-state index < -0.39 is 15.9 Å². The van der Waals surface area contributed by atoms with Crippen molar-refractivity contribution in [1.82, 2.24) is 0 Å². The molecule has 176 valence electrons. The standard InChI is InChI=1S/C27H27ClN2O3S/c1-4-18-13-10-14-19(5-2)25(18)29-27(31)26-24(20-11-8-7-9-12-20)22-17-21(28)15-16-23(22)30(6-3)34(26,32)33/h7-17H,4-6H2,1-3H3,(H,29,31). The van der Waals surface area contributed by atoms with E-state index in [4.69, 9.17) is 11.6 Å². The van der Waals surface area contributed by atoms with Crippen LogP contribution in [0.25, 0.3) is 5.57 Å². The molecule has 1 amide bonds. The number of amides is 1. The van der Waals surface area contributed by atoms with Gasteiger partial charge in [-0.05, 0) is 54.7 Å². The molecule has 0 saturated heterocycles. The number of nitrogens with one attached hydrogen (secondary N) is 1. The summed E-state index contributed by atoms with van der Waals surface area (Å²) in [5, 5.41) is 3.43. The summed E-state index contributed by atoms with van der Waals surface area (Å²) in [6, 6.07) is 20.0. The number of carbonyl (C=O) groups is 1. The van der Waals surface area contributed by atoms with Crippen molar-refractivity contribution in [2.24, 2.45) is 0 Å². The lowest BCUT2D eigenvalue weighted by molar-refractivity contribution is -0.112. The van der Waals surface area contributed by atoms with Gasteiger partial charge in [0.25, 0.3) is 15.9 Å². The number of rotatable bonds is 6. The zero-order chi connectivity index (χ0) is 24.5. The SMILES string of the molecule is CCc1cccc(CC)c1NC(=O)C1=C(c2ccccc2)c2cc(Cl)ccc2N(CC)S1(=O)=O. The van der Waals surface area contributed by atoms with E-state index in [1.165, 1.54) is 4.31 Å². The molecule has 3 aromatic rings. The largest absolute Gasteiger partial charge is 0.321 e. The Kier molecular flexibility index (Phi) is 6.82. The van der Waals surface area contributed by atoms with Gasteiger partial charge in [0.05, 0.1) is 5.69 Å². The topological polar surface area (TPSA) is 66.5 Å². The number of para-hydroxylation sites is 1. The van der Waals surface area contributed by atoms with Gasteiger partial charge >= 0.3 is 0 Å². The minimum absolute atomic E-state index is 0.182. The van der Waals surface area contributed by atoms with Crippen LogP contribution in [-0.2, 0) is 27.7 Å². The molecular weight excluding hydrogens is 468 g/mol. The average molecular weight is 495 g/mol. The third kappa shape index (κ3) is 4.12. The Labute approximate surface area is 206 Å². The number of hydrogen-bond acceptors (Lipinski definition) is 3. The molecule has 0 radical (unpaired) electrons. The summed E-state index contributed by atoms with van der Waals surface area (Å²) in [6.07, 6.45) is 1.42. The molecule has 1 aliphatic rings. The summed E-state index contributed by atoms with van der Waals surface area (Å²) < 4.78 is 29.1. The Morgan fingerprint density at radius 3 is 2.15 bits per heavy atom. The van der Waals surface area contributed by atoms with Gasteiger partial charge in [-0.25, -0.2) is 8.42 Å². The van der Waals surface area contributed by atoms with Crippen LogP contribution in [0.5, 0.6) is 0 Å². The van der Waals surface area contributed by atoms with Gasteiger partial charge in [-0.1, -0.05) is 74.0 Å². The van der Waals surface area contributed by atoms with Crippen molar-refractivity contribution in [3.8, 4) is 0 Å². The predicted molar refractivity (Wildman–Crippen MR) is 140 cm³/mol. The normalized spacial score (nSPS) is 14.6. The average Bonchev–Trinajstić information content (AvgIpc) is 2.83. The fraction of sp³-hybridized carbons (Fsp3) is 0.222. The van der Waals surface area contributed by atoms with Crippen LogP contribution >= 0.6 is 11.6 Å². The van der Waals surface area contributed by atoms with Crippen LogP contribution in [0, 0.1) is 0 Å². The van der Waals surface area contributed by atoms with Crippen LogP contribution in [0.3, 0.4) is 0 Å². The van der Waals surface area contributed by atoms with E-state index in [0.717, 1.165) is 11.1 Å². The summed E-state index contributed by atoms with van der Waals surface area (Å²) in [6.45, 7) is 5.95. The molecule has 0 atom stereocenters. The first-order chi connectivity index (χ1) is 16.3. The van der Waals surface area contributed by atoms with Crippen molar-refractivity contribution < 1.29 is 13.2 Å². The molecule has 0 unspecified atom stereocenters. The molecular formula is C27H27ClN2O3S. The lowest BCUT2D eigenvalue weighted by atomic mass is 9.95. The molecule has 0 aromatic heterocycles. The second-order valence-corrected chi connectivity index (χ2v) is 10.2. The second-order valence-electron chi connectivity index (χ2n) is 8.01. The third-order valence-corrected chi connectivity index (χ3v) is 8.24. The molecule has 1 heterocycles. The molecule has 0 bridgehead atoms. The van der Waals surface area contributed by atoms with Crippen LogP contribution in [0.1, 0.15) is 43.0 Å². The number of carbonyl (C=O) groups excluding carboxylic acids is 1. The highest BCUT2D eigenvalue weighted by atomic mass is 35.5. The maximum atomic E-state index is 13.9. The van der Waals surface area contributed by atoms with Crippen molar-refractivity contribution in [3.05, 3.63) is 98.9 Å². The third-order valence-electron chi connectivity index (χ3n) is 6.07. The molecule has 1 N–H and O–H groups in total. The van der Waals surface area contributed by atoms with E-state index in [9.17, 15) is 13.2 Å². The van der Waals surface area contributed by atoms with Crippen LogP contribution < -0.4 is 9.62 Å². The maximum absolute atomic E-state index is 13.9. The van der Waals surface area contributed by atoms with Gasteiger partial charge < -0.3 is 5.32 Å². The quantitative estimate of drug-likeness (QED) is 0.454. The fourth-order valence-electron chi connectivity index (χ4n) is 4.45. The molecule has 0 saturated carbocycles. The smallest absolute Gasteiger partial charge is 0.270 e. The molecule has 7 heteroatoms. The van der Waals surface area contributed by atoms with Crippen molar-refractivity contribution >= 4 is 44.5 Å². The Balaban J connectivity index is 2.01. The zero-order valence-corrected chi connectivity index (χ0v) is 21.0. The number of sulfonamides is 1. The Bertz CT molecular complexity index is 1360. The van der Waals surface area contributed by atoms with Crippen molar-refractivity contribution in [2.75, 3.05) is 16.2 Å². The lowest BCUT2D eigenvalue weighted by Gasteiger charge is -2.33. The number of nitrogens with zero attached hydrogens (tertiary/aromatic N) is 1. The van der Waals surface area contributed by atoms with Gasteiger partial charge in [0, 0.05) is 28.4 Å². The van der Waals surface area contributed by atoms with Gasteiger partial charge in [0.1, 0.15) is 0 Å². The fourth-order valence-corrected chi connectivity index (χ4v) is 6.37. The molecule has 0 aliphatic carbocycles. The number of hydrogen-bond donors (Lipinski definition) is 1. The minimum Gasteiger partial charge on any atom is -0.321 e. The summed E-state index contributed by atoms with van der Waals surface area (Å²) in [5.74, 6) is -0.654. The molecule has 0 spiro atoms. The van der Waals surface area contributed by atoms with E-state index in [0.29, 0.717) is 45.9 Å². The van der Waals surface area contributed by atoms with E-state index >= 15 is 0 Å². The second kappa shape index (κ2) is 9.65. The Hall–Kier alpha value is -3.09. The number of aryl methyl sites for hydroxylation is 2. The van der Waals surface area contributed by atoms with Gasteiger partial charge in [0.15, 0.2) is 4.91 Å². The van der Waals surface area contributed by atoms with Gasteiger partial charge in [-0.2, -0.15) is 0 Å². The van der Waals surface area contributed by atoms with E-state index in [-0.39, 0.29) is 11.4 Å². The first kappa shape index (κ1) is 24.0. The van der Waals surface area contributed by atoms with Crippen LogP contribution in [0.15, 0.2) is 71.6 Å². The van der Waals surface area contributed by atoms with E-state index in [1.54, 1.807) is 25.1 Å². The highest BCUT2D eigenvalue weighted by Gasteiger charge is 2.41. The van der Waals surface area contributed by atoms with E-state index in [1.807, 2.05) is 62.4 Å². The van der Waals surface area contributed by atoms with Gasteiger partial charge in [-0.3, -0.25) is 9.10 Å². The first-order valence-electron chi connectivity index (χ1n) is 11.4. The van der Waals surface area contributed by atoms with E-state index in [2.05, 4.69) is 5.32 Å². The Morgan fingerprint density at radius 1 is 0.912 bits per heavy atom. The van der Waals surface area contributed by atoms with Crippen molar-refractivity contribution in [2.45, 2.75) is 33.6 Å². The van der Waals surface area contributed by atoms with Crippen LogP contribution in [0.4, 0.5) is 11.4 Å².